The van der Waals surface area contributed by atoms with E-state index < -0.39 is 0 Å². The van der Waals surface area contributed by atoms with E-state index in [0.717, 1.165) is 18.3 Å². The summed E-state index contributed by atoms with van der Waals surface area (Å²) in [6.45, 7) is 2.22. The lowest BCUT2D eigenvalue weighted by atomic mass is 9.57. The Labute approximate surface area is 55.4 Å². The molecule has 3 aliphatic carbocycles. The van der Waals surface area contributed by atoms with Crippen molar-refractivity contribution in [3.63, 3.8) is 0 Å². The number of ketones is 1. The fraction of sp³-hybridized carbons (Fsp3) is 0.875. The van der Waals surface area contributed by atoms with Gasteiger partial charge in [0.1, 0.15) is 5.78 Å². The van der Waals surface area contributed by atoms with Crippen LogP contribution in [0.5, 0.6) is 0 Å². The van der Waals surface area contributed by atoms with Crippen molar-refractivity contribution in [2.45, 2.75) is 26.2 Å². The molecule has 9 heavy (non-hydrogen) atoms. The highest BCUT2D eigenvalue weighted by atomic mass is 16.1. The Morgan fingerprint density at radius 2 is 2.33 bits per heavy atom. The van der Waals surface area contributed by atoms with Gasteiger partial charge in [0.25, 0.3) is 0 Å². The molecule has 0 aromatic rings. The first kappa shape index (κ1) is 5.45. The highest BCUT2D eigenvalue weighted by Crippen LogP contribution is 2.48. The lowest BCUT2D eigenvalue weighted by molar-refractivity contribution is -0.137. The van der Waals surface area contributed by atoms with Gasteiger partial charge in [0.05, 0.1) is 0 Å². The monoisotopic (exact) mass is 124 g/mol. The minimum absolute atomic E-state index is 0.476. The van der Waals surface area contributed by atoms with Crippen molar-refractivity contribution in [1.82, 2.24) is 0 Å². The summed E-state index contributed by atoms with van der Waals surface area (Å²) in [7, 11) is 0. The fourth-order valence-corrected chi connectivity index (χ4v) is 2.21. The first-order valence-corrected chi connectivity index (χ1v) is 3.82. The number of hydrogen-bond acceptors (Lipinski definition) is 1. The third kappa shape index (κ3) is 0.577. The summed E-state index contributed by atoms with van der Waals surface area (Å²) in [5.74, 6) is 2.65. The second kappa shape index (κ2) is 1.59. The molecule has 3 fully saturated rings. The Morgan fingerprint density at radius 3 is 2.67 bits per heavy atom. The smallest absolute Gasteiger partial charge is 0.136 e. The molecule has 0 radical (unpaired) electrons. The molecule has 0 aromatic carbocycles. The molecule has 0 spiro atoms. The molecule has 0 amide bonds. The Bertz CT molecular complexity index is 149. The molecular formula is C8H12O. The number of carbonyl (C=O) groups is 1. The minimum Gasteiger partial charge on any atom is -0.299 e. The number of fused-ring (bicyclic) bond motifs is 2. The van der Waals surface area contributed by atoms with Crippen molar-refractivity contribution < 1.29 is 4.79 Å². The molecule has 0 aromatic heterocycles. The molecule has 0 N–H and O–H groups in total. The summed E-state index contributed by atoms with van der Waals surface area (Å²) in [5, 5.41) is 0. The lowest BCUT2D eigenvalue weighted by Crippen LogP contribution is -2.44. The van der Waals surface area contributed by atoms with Crippen LogP contribution in [0, 0.1) is 17.8 Å². The zero-order valence-electron chi connectivity index (χ0n) is 5.76. The number of Topliss-reactive ketones (excluding diaryl/α,β-unsaturated/α-hetero) is 1. The van der Waals surface area contributed by atoms with E-state index in [1.165, 1.54) is 12.8 Å². The standard InChI is InChI=1S/C8H12O/c1-5-6-2-3-8(9)7(5)4-6/h5-7H,2-4H2,1H3/t5?,6-,7+/m0/s1. The predicted molar refractivity (Wildman–Crippen MR) is 35.0 cm³/mol. The van der Waals surface area contributed by atoms with Gasteiger partial charge >= 0.3 is 0 Å². The first-order chi connectivity index (χ1) is 4.29. The van der Waals surface area contributed by atoms with E-state index in [-0.39, 0.29) is 0 Å². The fourth-order valence-electron chi connectivity index (χ4n) is 2.21. The molecule has 1 unspecified atom stereocenters. The van der Waals surface area contributed by atoms with Gasteiger partial charge in [-0.1, -0.05) is 6.92 Å². The summed E-state index contributed by atoms with van der Waals surface area (Å²) in [6.07, 6.45) is 3.26. The number of hydrogen-bond donors (Lipinski definition) is 0. The van der Waals surface area contributed by atoms with Crippen LogP contribution in [0.4, 0.5) is 0 Å². The van der Waals surface area contributed by atoms with Gasteiger partial charge in [-0.15, -0.1) is 0 Å². The molecule has 3 atom stereocenters. The summed E-state index contributed by atoms with van der Waals surface area (Å²) in [5.41, 5.74) is 0. The number of rotatable bonds is 0. The van der Waals surface area contributed by atoms with Crippen molar-refractivity contribution in [3.8, 4) is 0 Å². The van der Waals surface area contributed by atoms with Gasteiger partial charge in [-0.2, -0.15) is 0 Å². The minimum atomic E-state index is 0.476. The molecule has 1 nitrogen and oxygen atoms in total. The normalized spacial score (nSPS) is 48.6. The number of carbonyl (C=O) groups excluding carboxylic acids is 1. The van der Waals surface area contributed by atoms with E-state index in [1.807, 2.05) is 0 Å². The lowest BCUT2D eigenvalue weighted by Gasteiger charge is -2.46. The van der Waals surface area contributed by atoms with E-state index in [9.17, 15) is 4.79 Å². The van der Waals surface area contributed by atoms with Crippen LogP contribution in [0.25, 0.3) is 0 Å². The third-order valence-corrected chi connectivity index (χ3v) is 3.11. The van der Waals surface area contributed by atoms with Crippen LogP contribution in [0.3, 0.4) is 0 Å². The Kier molecular flexibility index (Phi) is 0.961. The van der Waals surface area contributed by atoms with Crippen LogP contribution in [0.15, 0.2) is 0 Å². The average molecular weight is 124 g/mol. The molecule has 0 heterocycles. The van der Waals surface area contributed by atoms with Crippen molar-refractivity contribution >= 4 is 5.78 Å². The highest BCUT2D eigenvalue weighted by molar-refractivity contribution is 5.83. The van der Waals surface area contributed by atoms with Gasteiger partial charge in [0.15, 0.2) is 0 Å². The van der Waals surface area contributed by atoms with Crippen molar-refractivity contribution in [2.24, 2.45) is 17.8 Å². The molecule has 3 rings (SSSR count). The molecule has 0 saturated heterocycles. The van der Waals surface area contributed by atoms with Crippen LogP contribution in [-0.2, 0) is 4.79 Å². The predicted octanol–water partition coefficient (Wildman–Crippen LogP) is 1.62. The Hall–Kier alpha value is -0.330. The van der Waals surface area contributed by atoms with Gasteiger partial charge in [-0.3, -0.25) is 4.79 Å². The second-order valence-electron chi connectivity index (χ2n) is 3.47. The van der Waals surface area contributed by atoms with Gasteiger partial charge in [-0.25, -0.2) is 0 Å². The van der Waals surface area contributed by atoms with Gasteiger partial charge < -0.3 is 0 Å². The second-order valence-corrected chi connectivity index (χ2v) is 3.47. The molecular weight excluding hydrogens is 112 g/mol. The maximum Gasteiger partial charge on any atom is 0.136 e. The molecule has 0 aliphatic heterocycles. The van der Waals surface area contributed by atoms with Gasteiger partial charge in [0.2, 0.25) is 0 Å². The molecule has 50 valence electrons. The van der Waals surface area contributed by atoms with Crippen molar-refractivity contribution in [1.29, 1.82) is 0 Å². The highest BCUT2D eigenvalue weighted by Gasteiger charge is 2.45. The van der Waals surface area contributed by atoms with Crippen LogP contribution < -0.4 is 0 Å². The van der Waals surface area contributed by atoms with Crippen molar-refractivity contribution in [3.05, 3.63) is 0 Å². The molecule has 3 aliphatic rings. The van der Waals surface area contributed by atoms with E-state index in [0.29, 0.717) is 11.7 Å². The van der Waals surface area contributed by atoms with Crippen LogP contribution in [0.2, 0.25) is 0 Å². The van der Waals surface area contributed by atoms with Gasteiger partial charge in [-0.05, 0) is 24.7 Å². The molecule has 3 saturated carbocycles. The summed E-state index contributed by atoms with van der Waals surface area (Å²) in [6, 6.07) is 0. The van der Waals surface area contributed by atoms with E-state index >= 15 is 0 Å². The van der Waals surface area contributed by atoms with Crippen molar-refractivity contribution in [2.75, 3.05) is 0 Å². The van der Waals surface area contributed by atoms with E-state index in [1.54, 1.807) is 0 Å². The van der Waals surface area contributed by atoms with Crippen LogP contribution >= 0.6 is 0 Å². The molecule has 1 heteroatoms. The topological polar surface area (TPSA) is 17.1 Å². The van der Waals surface area contributed by atoms with E-state index in [2.05, 4.69) is 6.92 Å². The zero-order chi connectivity index (χ0) is 6.43. The summed E-state index contributed by atoms with van der Waals surface area (Å²) >= 11 is 0. The van der Waals surface area contributed by atoms with Gasteiger partial charge in [0, 0.05) is 12.3 Å². The molecule has 2 bridgehead atoms. The van der Waals surface area contributed by atoms with Crippen LogP contribution in [0.1, 0.15) is 26.2 Å². The maximum absolute atomic E-state index is 11.0. The quantitative estimate of drug-likeness (QED) is 0.479. The third-order valence-electron chi connectivity index (χ3n) is 3.11. The first-order valence-electron chi connectivity index (χ1n) is 3.82. The zero-order valence-corrected chi connectivity index (χ0v) is 5.76. The largest absolute Gasteiger partial charge is 0.299 e. The summed E-state index contributed by atoms with van der Waals surface area (Å²) in [4.78, 5) is 11.0. The Balaban J connectivity index is 2.14. The average Bonchev–Trinajstić information content (AvgIpc) is 1.86. The van der Waals surface area contributed by atoms with E-state index in [4.69, 9.17) is 0 Å². The summed E-state index contributed by atoms with van der Waals surface area (Å²) < 4.78 is 0. The maximum atomic E-state index is 11.0. The van der Waals surface area contributed by atoms with Crippen LogP contribution in [-0.4, -0.2) is 5.78 Å². The Morgan fingerprint density at radius 1 is 1.56 bits per heavy atom. The SMILES string of the molecule is CC1[C@H]2CCC(=O)[C@@H]1C2.